The molecule has 8 heteroatoms. The predicted molar refractivity (Wildman–Crippen MR) is 141 cm³/mol. The minimum Gasteiger partial charge on any atom is -0.508 e. The Morgan fingerprint density at radius 2 is 1.75 bits per heavy atom. The van der Waals surface area contributed by atoms with E-state index < -0.39 is 0 Å². The molecule has 1 unspecified atom stereocenters. The van der Waals surface area contributed by atoms with Crippen LogP contribution in [0.2, 0.25) is 0 Å². The van der Waals surface area contributed by atoms with Gasteiger partial charge in [0.05, 0.1) is 18.9 Å². The molecule has 1 aromatic heterocycles. The van der Waals surface area contributed by atoms with Crippen LogP contribution in [-0.2, 0) is 11.3 Å². The van der Waals surface area contributed by atoms with E-state index in [0.29, 0.717) is 0 Å². The quantitative estimate of drug-likeness (QED) is 0.666. The van der Waals surface area contributed by atoms with Crippen LogP contribution in [-0.4, -0.2) is 89.1 Å². The lowest BCUT2D eigenvalue weighted by atomic mass is 9.94. The fraction of sp³-hybridized carbons (Fsp3) is 0.571. The zero-order chi connectivity index (χ0) is 24.3. The number of pyridine rings is 1. The van der Waals surface area contributed by atoms with Crippen molar-refractivity contribution in [2.75, 3.05) is 52.5 Å². The third kappa shape index (κ3) is 5.27. The number of rotatable bonds is 5. The first-order valence-electron chi connectivity index (χ1n) is 13.6. The Bertz CT molecular complexity index is 1070. The van der Waals surface area contributed by atoms with Crippen LogP contribution in [0.25, 0.3) is 0 Å². The summed E-state index contributed by atoms with van der Waals surface area (Å²) in [7, 11) is 0. The number of nitrogens with one attached hydrogen (secondary N) is 1. The van der Waals surface area contributed by atoms with Crippen molar-refractivity contribution in [2.24, 2.45) is 4.99 Å². The molecule has 1 atom stereocenters. The molecule has 4 aliphatic rings. The zero-order valence-electron chi connectivity index (χ0n) is 21.1. The Morgan fingerprint density at radius 1 is 0.944 bits per heavy atom. The fourth-order valence-electron chi connectivity index (χ4n) is 6.13. The van der Waals surface area contributed by atoms with Crippen molar-refractivity contribution < 1.29 is 9.84 Å². The number of hydrogen-bond acceptors (Lipinski definition) is 8. The van der Waals surface area contributed by atoms with Gasteiger partial charge < -0.3 is 15.2 Å². The largest absolute Gasteiger partial charge is 0.508 e. The van der Waals surface area contributed by atoms with Gasteiger partial charge in [0.1, 0.15) is 23.4 Å². The van der Waals surface area contributed by atoms with Gasteiger partial charge in [-0.25, -0.2) is 4.99 Å². The summed E-state index contributed by atoms with van der Waals surface area (Å²) >= 11 is 0. The summed E-state index contributed by atoms with van der Waals surface area (Å²) in [5.41, 5.74) is 3.97. The number of morpholine rings is 1. The summed E-state index contributed by atoms with van der Waals surface area (Å²) in [6, 6.07) is 10.3. The maximum Gasteiger partial charge on any atom is 0.135 e. The Morgan fingerprint density at radius 3 is 2.53 bits per heavy atom. The molecule has 2 N–H and O–H groups in total. The number of ether oxygens (including phenoxy) is 1. The molecule has 0 spiro atoms. The standard InChI is InChI=1S/C28H38N6O2/c35-24-8-4-5-22(18-24)27-30-25-17-21(19-29-26(25)28(31-27)34-13-15-36-16-14-34)20-32-9-11-33(12-10-32)23-6-2-1-3-7-23/h4-5,8,17-19,23,28,35H,1-3,6-7,9-16,20H2,(H,30,31). The number of fused-ring (bicyclic) bond motifs is 1. The van der Waals surface area contributed by atoms with E-state index in [0.717, 1.165) is 74.8 Å². The monoisotopic (exact) mass is 490 g/mol. The number of aliphatic imine (C=N–C) groups is 1. The fourth-order valence-corrected chi connectivity index (χ4v) is 6.13. The molecule has 1 aliphatic carbocycles. The van der Waals surface area contributed by atoms with Gasteiger partial charge in [-0.1, -0.05) is 31.4 Å². The predicted octanol–water partition coefficient (Wildman–Crippen LogP) is 3.25. The molecule has 3 aliphatic heterocycles. The second kappa shape index (κ2) is 10.8. The highest BCUT2D eigenvalue weighted by Gasteiger charge is 2.31. The summed E-state index contributed by atoms with van der Waals surface area (Å²) in [5, 5.41) is 13.6. The Kier molecular flexibility index (Phi) is 7.19. The number of phenolic OH excluding ortho intramolecular Hbond substituents is 1. The topological polar surface area (TPSA) is 76.5 Å². The lowest BCUT2D eigenvalue weighted by Gasteiger charge is -2.41. The van der Waals surface area contributed by atoms with Crippen LogP contribution < -0.4 is 5.32 Å². The van der Waals surface area contributed by atoms with Crippen molar-refractivity contribution >= 4 is 11.5 Å². The smallest absolute Gasteiger partial charge is 0.135 e. The molecule has 4 heterocycles. The number of piperazine rings is 1. The van der Waals surface area contributed by atoms with Gasteiger partial charge in [0.15, 0.2) is 0 Å². The first kappa shape index (κ1) is 23.9. The lowest BCUT2D eigenvalue weighted by molar-refractivity contribution is 0.0116. The highest BCUT2D eigenvalue weighted by atomic mass is 16.5. The first-order valence-corrected chi connectivity index (χ1v) is 13.6. The molecular weight excluding hydrogens is 452 g/mol. The molecule has 6 rings (SSSR count). The summed E-state index contributed by atoms with van der Waals surface area (Å²) in [6.07, 6.45) is 8.95. The maximum atomic E-state index is 10.1. The highest BCUT2D eigenvalue weighted by Crippen LogP contribution is 2.33. The molecule has 2 saturated heterocycles. The molecule has 0 amide bonds. The maximum absolute atomic E-state index is 10.1. The second-order valence-corrected chi connectivity index (χ2v) is 10.6. The third-order valence-corrected chi connectivity index (χ3v) is 8.15. The highest BCUT2D eigenvalue weighted by molar-refractivity contribution is 6.02. The van der Waals surface area contributed by atoms with Crippen LogP contribution in [0.5, 0.6) is 5.75 Å². The van der Waals surface area contributed by atoms with Crippen molar-refractivity contribution in [2.45, 2.75) is 50.9 Å². The van der Waals surface area contributed by atoms with Crippen molar-refractivity contribution in [3.05, 3.63) is 53.3 Å². The number of aromatic nitrogens is 1. The minimum atomic E-state index is -0.0631. The first-order chi connectivity index (χ1) is 17.7. The van der Waals surface area contributed by atoms with Gasteiger partial charge in [-0.3, -0.25) is 19.7 Å². The number of nitrogens with zero attached hydrogens (tertiary/aromatic N) is 5. The normalized spacial score (nSPS) is 24.7. The van der Waals surface area contributed by atoms with Crippen LogP contribution in [0.3, 0.4) is 0 Å². The number of amidine groups is 1. The van der Waals surface area contributed by atoms with Crippen molar-refractivity contribution in [1.82, 2.24) is 25.0 Å². The molecule has 0 bridgehead atoms. The summed E-state index contributed by atoms with van der Waals surface area (Å²) in [6.45, 7) is 8.61. The van der Waals surface area contributed by atoms with Crippen LogP contribution in [0.1, 0.15) is 55.1 Å². The van der Waals surface area contributed by atoms with Gasteiger partial charge in [0.2, 0.25) is 0 Å². The van der Waals surface area contributed by atoms with E-state index >= 15 is 0 Å². The van der Waals surface area contributed by atoms with Crippen molar-refractivity contribution in [1.29, 1.82) is 0 Å². The Labute approximate surface area is 214 Å². The van der Waals surface area contributed by atoms with Gasteiger partial charge in [0.25, 0.3) is 0 Å². The van der Waals surface area contributed by atoms with Gasteiger partial charge in [-0.2, -0.15) is 0 Å². The summed E-state index contributed by atoms with van der Waals surface area (Å²) < 4.78 is 5.59. The molecule has 192 valence electrons. The number of benzene rings is 1. The average Bonchev–Trinajstić information content (AvgIpc) is 2.94. The van der Waals surface area contributed by atoms with Gasteiger partial charge in [-0.05, 0) is 36.6 Å². The van der Waals surface area contributed by atoms with Crippen LogP contribution in [0.15, 0.2) is 41.5 Å². The van der Waals surface area contributed by atoms with E-state index in [1.807, 2.05) is 18.3 Å². The van der Waals surface area contributed by atoms with Crippen LogP contribution in [0.4, 0.5) is 5.69 Å². The van der Waals surface area contributed by atoms with E-state index in [4.69, 9.17) is 14.7 Å². The number of phenols is 1. The van der Waals surface area contributed by atoms with Crippen LogP contribution >= 0.6 is 0 Å². The van der Waals surface area contributed by atoms with E-state index in [-0.39, 0.29) is 11.9 Å². The molecule has 1 saturated carbocycles. The molecule has 2 aromatic rings. The Hall–Kier alpha value is -2.52. The molecule has 0 radical (unpaired) electrons. The van der Waals surface area contributed by atoms with E-state index in [2.05, 4.69) is 26.1 Å². The van der Waals surface area contributed by atoms with Gasteiger partial charge in [0, 0.05) is 63.6 Å². The molecule has 3 fully saturated rings. The number of hydrogen-bond donors (Lipinski definition) is 2. The molecule has 36 heavy (non-hydrogen) atoms. The van der Waals surface area contributed by atoms with Crippen LogP contribution in [0, 0.1) is 0 Å². The molecule has 8 nitrogen and oxygen atoms in total. The van der Waals surface area contributed by atoms with Gasteiger partial charge >= 0.3 is 0 Å². The number of aromatic hydroxyl groups is 1. The van der Waals surface area contributed by atoms with E-state index in [9.17, 15) is 5.11 Å². The summed E-state index contributed by atoms with van der Waals surface area (Å²) in [4.78, 5) is 17.6. The molecule has 1 aromatic carbocycles. The van der Waals surface area contributed by atoms with Crippen molar-refractivity contribution in [3.8, 4) is 5.75 Å². The molecular formula is C28H38N6O2. The van der Waals surface area contributed by atoms with E-state index in [1.165, 1.54) is 50.8 Å². The SMILES string of the molecule is Oc1cccc(C2=Nc3cc(CN4CCN(C5CCCCC5)CC4)cnc3C(N3CCOCC3)N2)c1. The average molecular weight is 491 g/mol. The second-order valence-electron chi connectivity index (χ2n) is 10.6. The summed E-state index contributed by atoms with van der Waals surface area (Å²) in [5.74, 6) is 1.01. The lowest BCUT2D eigenvalue weighted by Crippen LogP contribution is -2.50. The van der Waals surface area contributed by atoms with Gasteiger partial charge in [-0.15, -0.1) is 0 Å². The van der Waals surface area contributed by atoms with Crippen molar-refractivity contribution in [3.63, 3.8) is 0 Å². The Balaban J connectivity index is 1.20. The third-order valence-electron chi connectivity index (χ3n) is 8.15. The van der Waals surface area contributed by atoms with E-state index in [1.54, 1.807) is 12.1 Å². The zero-order valence-corrected chi connectivity index (χ0v) is 21.1. The minimum absolute atomic E-state index is 0.0631.